The molecule has 2 aromatic carbocycles. The second-order valence-corrected chi connectivity index (χ2v) is 11.6. The summed E-state index contributed by atoms with van der Waals surface area (Å²) >= 11 is 0. The highest BCUT2D eigenvalue weighted by Crippen LogP contribution is 2.31. The molecule has 0 saturated carbocycles. The van der Waals surface area contributed by atoms with Gasteiger partial charge >= 0.3 is 6.03 Å². The number of hydrogen-bond acceptors (Lipinski definition) is 7. The van der Waals surface area contributed by atoms with Crippen LogP contribution in [0.25, 0.3) is 0 Å². The lowest BCUT2D eigenvalue weighted by molar-refractivity contribution is 0.0371. The Kier molecular flexibility index (Phi) is 8.64. The average Bonchev–Trinajstić information content (AvgIpc) is 3.38. The first-order valence-corrected chi connectivity index (χ1v) is 14.3. The van der Waals surface area contributed by atoms with E-state index in [2.05, 4.69) is 15.0 Å². The number of benzene rings is 2. The van der Waals surface area contributed by atoms with Gasteiger partial charge in [-0.15, -0.1) is 0 Å². The second-order valence-electron chi connectivity index (χ2n) is 9.99. The Hall–Kier alpha value is -4.10. The number of amides is 3. The molecule has 3 atom stereocenters. The molecule has 0 unspecified atom stereocenters. The molecule has 3 aromatic rings. The number of anilines is 2. The normalized spacial score (nSPS) is 18.1. The Morgan fingerprint density at radius 3 is 2.60 bits per heavy atom. The summed E-state index contributed by atoms with van der Waals surface area (Å²) in [6, 6.07) is 12.7. The highest BCUT2D eigenvalue weighted by Gasteiger charge is 2.34. The predicted molar refractivity (Wildman–Crippen MR) is 150 cm³/mol. The van der Waals surface area contributed by atoms with Crippen LogP contribution >= 0.6 is 0 Å². The highest BCUT2D eigenvalue weighted by molar-refractivity contribution is 7.92. The van der Waals surface area contributed by atoms with Crippen LogP contribution in [0.3, 0.4) is 0 Å². The number of imidazole rings is 1. The molecule has 0 fully saturated rings. The Labute approximate surface area is 233 Å². The number of urea groups is 1. The zero-order valence-corrected chi connectivity index (χ0v) is 23.6. The molecule has 214 valence electrons. The maximum atomic E-state index is 13.6. The standard InChI is InChI=1S/C27H34N6O6S/c1-18-13-33(19(2)16-34)26(35)22-12-21(30-40(37,38)25-15-31(3)17-28-25)10-11-23(22)39-24(18)14-32(4)27(36)29-20-8-6-5-7-9-20/h5-12,15,17-19,24,30,34H,13-14,16H2,1-4H3,(H,29,36)/t18-,19+,24+/m0/s1. The number of rotatable bonds is 8. The van der Waals surface area contributed by atoms with E-state index in [9.17, 15) is 23.1 Å². The zero-order chi connectivity index (χ0) is 29.0. The number of aryl methyl sites for hydroxylation is 1. The molecule has 2 heterocycles. The molecule has 0 spiro atoms. The summed E-state index contributed by atoms with van der Waals surface area (Å²) in [5.74, 6) is -0.370. The Balaban J connectivity index is 1.61. The summed E-state index contributed by atoms with van der Waals surface area (Å²) in [7, 11) is -0.684. The van der Waals surface area contributed by atoms with E-state index >= 15 is 0 Å². The van der Waals surface area contributed by atoms with E-state index < -0.39 is 28.1 Å². The molecule has 3 N–H and O–H groups in total. The van der Waals surface area contributed by atoms with Crippen molar-refractivity contribution in [2.45, 2.75) is 31.0 Å². The van der Waals surface area contributed by atoms with E-state index in [1.54, 1.807) is 38.1 Å². The number of aliphatic hydroxyl groups is 1. The monoisotopic (exact) mass is 570 g/mol. The van der Waals surface area contributed by atoms with Crippen molar-refractivity contribution in [3.8, 4) is 5.75 Å². The molecular formula is C27H34N6O6S. The van der Waals surface area contributed by atoms with Crippen LogP contribution in [0.15, 0.2) is 66.1 Å². The lowest BCUT2D eigenvalue weighted by atomic mass is 9.99. The minimum atomic E-state index is -4.00. The fourth-order valence-corrected chi connectivity index (χ4v) is 5.36. The van der Waals surface area contributed by atoms with Crippen LogP contribution in [0.1, 0.15) is 24.2 Å². The van der Waals surface area contributed by atoms with E-state index in [0.29, 0.717) is 5.69 Å². The lowest BCUT2D eigenvalue weighted by Crippen LogP contribution is -2.50. The van der Waals surface area contributed by atoms with Gasteiger partial charge in [0.15, 0.2) is 5.03 Å². The number of aromatic nitrogens is 2. The zero-order valence-electron chi connectivity index (χ0n) is 22.8. The first-order valence-electron chi connectivity index (χ1n) is 12.8. The van der Waals surface area contributed by atoms with Gasteiger partial charge in [0.1, 0.15) is 11.9 Å². The number of nitrogens with zero attached hydrogens (tertiary/aromatic N) is 4. The van der Waals surface area contributed by atoms with Gasteiger partial charge in [0.2, 0.25) is 0 Å². The molecule has 0 bridgehead atoms. The molecule has 4 rings (SSSR count). The van der Waals surface area contributed by atoms with Crippen LogP contribution in [-0.2, 0) is 17.1 Å². The predicted octanol–water partition coefficient (Wildman–Crippen LogP) is 2.60. The van der Waals surface area contributed by atoms with Gasteiger partial charge in [-0.05, 0) is 37.3 Å². The molecule has 1 aliphatic heterocycles. The van der Waals surface area contributed by atoms with Crippen molar-refractivity contribution in [1.29, 1.82) is 0 Å². The van der Waals surface area contributed by atoms with Crippen LogP contribution in [0, 0.1) is 5.92 Å². The molecule has 13 heteroatoms. The third-order valence-corrected chi connectivity index (χ3v) is 7.97. The number of hydrogen-bond donors (Lipinski definition) is 3. The van der Waals surface area contributed by atoms with Crippen LogP contribution < -0.4 is 14.8 Å². The van der Waals surface area contributed by atoms with Crippen molar-refractivity contribution in [3.63, 3.8) is 0 Å². The summed E-state index contributed by atoms with van der Waals surface area (Å²) in [5.41, 5.74) is 0.947. The largest absolute Gasteiger partial charge is 0.487 e. The summed E-state index contributed by atoms with van der Waals surface area (Å²) in [4.78, 5) is 33.4. The SMILES string of the molecule is C[C@H](CO)N1C[C@H](C)[C@@H](CN(C)C(=O)Nc2ccccc2)Oc2ccc(NS(=O)(=O)c3cn(C)cn3)cc2C1=O. The maximum Gasteiger partial charge on any atom is 0.321 e. The van der Waals surface area contributed by atoms with E-state index in [4.69, 9.17) is 4.74 Å². The molecule has 40 heavy (non-hydrogen) atoms. The van der Waals surface area contributed by atoms with Crippen molar-refractivity contribution >= 4 is 33.3 Å². The highest BCUT2D eigenvalue weighted by atomic mass is 32.2. The van der Waals surface area contributed by atoms with Crippen molar-refractivity contribution in [2.24, 2.45) is 13.0 Å². The molecule has 0 aliphatic carbocycles. The first kappa shape index (κ1) is 28.9. The fourth-order valence-electron chi connectivity index (χ4n) is 4.33. The second kappa shape index (κ2) is 12.0. The van der Waals surface area contributed by atoms with E-state index in [-0.39, 0.29) is 53.7 Å². The number of carbonyl (C=O) groups excluding carboxylic acids is 2. The van der Waals surface area contributed by atoms with E-state index in [1.165, 1.54) is 40.2 Å². The molecule has 3 amide bonds. The molecule has 0 radical (unpaired) electrons. The third-order valence-electron chi connectivity index (χ3n) is 6.70. The van der Waals surface area contributed by atoms with Crippen LogP contribution in [-0.4, -0.2) is 83.7 Å². The minimum absolute atomic E-state index is 0.134. The van der Waals surface area contributed by atoms with Gasteiger partial charge in [-0.3, -0.25) is 9.52 Å². The Bertz CT molecular complexity index is 1460. The molecule has 1 aromatic heterocycles. The number of nitrogens with one attached hydrogen (secondary N) is 2. The van der Waals surface area contributed by atoms with Gasteiger partial charge in [-0.25, -0.2) is 9.78 Å². The maximum absolute atomic E-state index is 13.6. The van der Waals surface area contributed by atoms with Gasteiger partial charge in [0.05, 0.1) is 31.1 Å². The number of carbonyl (C=O) groups is 2. The third kappa shape index (κ3) is 6.54. The van der Waals surface area contributed by atoms with E-state index in [1.807, 2.05) is 25.1 Å². The van der Waals surface area contributed by atoms with Gasteiger partial charge < -0.3 is 29.5 Å². The number of fused-ring (bicyclic) bond motifs is 1. The van der Waals surface area contributed by atoms with Gasteiger partial charge in [-0.1, -0.05) is 25.1 Å². The summed E-state index contributed by atoms with van der Waals surface area (Å²) in [6.07, 6.45) is 2.23. The Morgan fingerprint density at radius 1 is 1.23 bits per heavy atom. The van der Waals surface area contributed by atoms with Crippen molar-refractivity contribution < 1.29 is 27.9 Å². The summed E-state index contributed by atoms with van der Waals surface area (Å²) < 4.78 is 35.9. The van der Waals surface area contributed by atoms with E-state index in [0.717, 1.165) is 0 Å². The molecule has 1 aliphatic rings. The van der Waals surface area contributed by atoms with Crippen LogP contribution in [0.5, 0.6) is 5.75 Å². The fraction of sp³-hybridized carbons (Fsp3) is 0.370. The van der Waals surface area contributed by atoms with Crippen molar-refractivity contribution in [2.75, 3.05) is 36.8 Å². The quantitative estimate of drug-likeness (QED) is 0.377. The van der Waals surface area contributed by atoms with Gasteiger partial charge in [-0.2, -0.15) is 8.42 Å². The number of sulfonamides is 1. The minimum Gasteiger partial charge on any atom is -0.487 e. The molecule has 12 nitrogen and oxygen atoms in total. The lowest BCUT2D eigenvalue weighted by Gasteiger charge is -2.38. The van der Waals surface area contributed by atoms with Crippen LogP contribution in [0.2, 0.25) is 0 Å². The van der Waals surface area contributed by atoms with Crippen molar-refractivity contribution in [3.05, 3.63) is 66.6 Å². The molecular weight excluding hydrogens is 536 g/mol. The Morgan fingerprint density at radius 2 is 1.95 bits per heavy atom. The molecule has 0 saturated heterocycles. The van der Waals surface area contributed by atoms with Crippen molar-refractivity contribution in [1.82, 2.24) is 19.4 Å². The summed E-state index contributed by atoms with van der Waals surface area (Å²) in [5, 5.41) is 12.6. The number of ether oxygens (including phenoxy) is 1. The number of aliphatic hydroxyl groups excluding tert-OH is 1. The van der Waals surface area contributed by atoms with Crippen LogP contribution in [0.4, 0.5) is 16.2 Å². The first-order chi connectivity index (χ1) is 19.0. The van der Waals surface area contributed by atoms with Gasteiger partial charge in [0, 0.05) is 44.1 Å². The average molecular weight is 571 g/mol. The topological polar surface area (TPSA) is 146 Å². The summed E-state index contributed by atoms with van der Waals surface area (Å²) in [6.45, 7) is 3.85. The number of likely N-dealkylation sites (N-methyl/N-ethyl adjacent to an activating group) is 1. The smallest absolute Gasteiger partial charge is 0.321 e. The van der Waals surface area contributed by atoms with Gasteiger partial charge in [0.25, 0.3) is 15.9 Å². The number of para-hydroxylation sites is 1.